The molecule has 0 aliphatic rings. The summed E-state index contributed by atoms with van der Waals surface area (Å²) < 4.78 is 5.72. The van der Waals surface area contributed by atoms with Crippen LogP contribution in [0.2, 0.25) is 0 Å². The van der Waals surface area contributed by atoms with E-state index in [9.17, 15) is 4.79 Å². The lowest BCUT2D eigenvalue weighted by molar-refractivity contribution is -0.140. The summed E-state index contributed by atoms with van der Waals surface area (Å²) in [6, 6.07) is 12.2. The van der Waals surface area contributed by atoms with Crippen molar-refractivity contribution in [3.63, 3.8) is 0 Å². The van der Waals surface area contributed by atoms with Gasteiger partial charge < -0.3 is 4.74 Å². The zero-order valence-electron chi connectivity index (χ0n) is 13.2. The molecule has 0 unspecified atom stereocenters. The zero-order valence-corrected chi connectivity index (χ0v) is 14.8. The third-order valence-corrected chi connectivity index (χ3v) is 4.24. The van der Waals surface area contributed by atoms with Gasteiger partial charge in [-0.2, -0.15) is 0 Å². The lowest BCUT2D eigenvalue weighted by Crippen LogP contribution is -1.99. The number of rotatable bonds is 7. The molecule has 23 heavy (non-hydrogen) atoms. The Bertz CT molecular complexity index is 668. The van der Waals surface area contributed by atoms with Crippen LogP contribution in [-0.4, -0.2) is 18.1 Å². The van der Waals surface area contributed by atoms with Crippen LogP contribution in [0.25, 0.3) is 5.57 Å². The summed E-state index contributed by atoms with van der Waals surface area (Å²) in [5, 5.41) is 0. The van der Waals surface area contributed by atoms with Crippen molar-refractivity contribution in [1.29, 1.82) is 0 Å². The van der Waals surface area contributed by atoms with Crippen molar-refractivity contribution < 1.29 is 9.53 Å². The molecule has 3 nitrogen and oxygen atoms in total. The minimum atomic E-state index is -0.146. The highest BCUT2D eigenvalue weighted by Crippen LogP contribution is 2.29. The number of pyridine rings is 1. The highest BCUT2D eigenvalue weighted by molar-refractivity contribution is 9.10. The highest BCUT2D eigenvalue weighted by Gasteiger charge is 2.08. The van der Waals surface area contributed by atoms with Crippen LogP contribution in [0.5, 0.6) is 0 Å². The topological polar surface area (TPSA) is 39.2 Å². The van der Waals surface area contributed by atoms with Gasteiger partial charge in [-0.25, -0.2) is 0 Å². The molecule has 1 heterocycles. The molecule has 1 aromatic heterocycles. The van der Waals surface area contributed by atoms with Crippen LogP contribution < -0.4 is 0 Å². The lowest BCUT2D eigenvalue weighted by Gasteiger charge is -2.10. The normalized spacial score (nSPS) is 11.3. The van der Waals surface area contributed by atoms with Gasteiger partial charge in [0.25, 0.3) is 0 Å². The maximum absolute atomic E-state index is 11.1. The zero-order chi connectivity index (χ0) is 16.5. The molecule has 0 N–H and O–H groups in total. The molecule has 0 bridgehead atoms. The van der Waals surface area contributed by atoms with Crippen molar-refractivity contribution >= 4 is 27.5 Å². The van der Waals surface area contributed by atoms with Gasteiger partial charge in [-0.3, -0.25) is 9.78 Å². The summed E-state index contributed by atoms with van der Waals surface area (Å²) in [5.74, 6) is -0.146. The number of hydrogen-bond donors (Lipinski definition) is 0. The van der Waals surface area contributed by atoms with E-state index in [-0.39, 0.29) is 5.97 Å². The van der Waals surface area contributed by atoms with Gasteiger partial charge in [-0.05, 0) is 42.5 Å². The summed E-state index contributed by atoms with van der Waals surface area (Å²) >= 11 is 3.62. The fourth-order valence-electron chi connectivity index (χ4n) is 2.35. The number of carbonyl (C=O) groups excluding carboxylic acids is 1. The number of unbranched alkanes of at least 4 members (excludes halogenated alkanes) is 2. The van der Waals surface area contributed by atoms with Gasteiger partial charge in [0.15, 0.2) is 0 Å². The van der Waals surface area contributed by atoms with Crippen LogP contribution in [-0.2, 0) is 9.53 Å². The molecule has 2 aromatic rings. The van der Waals surface area contributed by atoms with Crippen molar-refractivity contribution in [3.05, 3.63) is 70.5 Å². The summed E-state index contributed by atoms with van der Waals surface area (Å²) in [6.45, 7) is 0. The number of methoxy groups -OCH3 is 1. The first kappa shape index (κ1) is 17.4. The Morgan fingerprint density at radius 2 is 2.04 bits per heavy atom. The van der Waals surface area contributed by atoms with E-state index < -0.39 is 0 Å². The standard InChI is InChI=1S/C19H20BrNO2/c1-23-19(22)12-4-2-3-9-16(15-8-7-13-21-14-15)17-10-5-6-11-18(17)20/h5-11,13-14H,2-4,12H2,1H3. The second-order valence-corrected chi connectivity index (χ2v) is 6.02. The van der Waals surface area contributed by atoms with E-state index in [0.717, 1.165) is 40.4 Å². The predicted octanol–water partition coefficient (Wildman–Crippen LogP) is 5.01. The van der Waals surface area contributed by atoms with Gasteiger partial charge >= 0.3 is 5.97 Å². The number of allylic oxidation sites excluding steroid dienone is 1. The van der Waals surface area contributed by atoms with Crippen molar-refractivity contribution in [2.24, 2.45) is 0 Å². The Balaban J connectivity index is 2.13. The van der Waals surface area contributed by atoms with E-state index in [1.54, 1.807) is 6.20 Å². The van der Waals surface area contributed by atoms with Crippen LogP contribution >= 0.6 is 15.9 Å². The Labute approximate surface area is 145 Å². The van der Waals surface area contributed by atoms with Gasteiger partial charge in [-0.15, -0.1) is 0 Å². The lowest BCUT2D eigenvalue weighted by atomic mass is 9.97. The number of carbonyl (C=O) groups is 1. The van der Waals surface area contributed by atoms with E-state index in [1.807, 2.05) is 30.5 Å². The van der Waals surface area contributed by atoms with Crippen LogP contribution in [0.3, 0.4) is 0 Å². The first-order valence-electron chi connectivity index (χ1n) is 7.64. The summed E-state index contributed by atoms with van der Waals surface area (Å²) in [7, 11) is 1.43. The number of ether oxygens (including phenoxy) is 1. The molecule has 0 atom stereocenters. The van der Waals surface area contributed by atoms with Gasteiger partial charge in [0, 0.05) is 28.9 Å². The van der Waals surface area contributed by atoms with Crippen molar-refractivity contribution in [2.45, 2.75) is 25.7 Å². The summed E-state index contributed by atoms with van der Waals surface area (Å²) in [5.41, 5.74) is 3.39. The van der Waals surface area contributed by atoms with Crippen LogP contribution in [0.4, 0.5) is 0 Å². The van der Waals surface area contributed by atoms with Crippen molar-refractivity contribution in [3.8, 4) is 0 Å². The molecular weight excluding hydrogens is 354 g/mol. The van der Waals surface area contributed by atoms with Crippen LogP contribution in [0, 0.1) is 0 Å². The first-order valence-corrected chi connectivity index (χ1v) is 8.44. The fourth-order valence-corrected chi connectivity index (χ4v) is 2.85. The van der Waals surface area contributed by atoms with Crippen LogP contribution in [0.1, 0.15) is 36.8 Å². The molecule has 0 fully saturated rings. The molecule has 2 rings (SSSR count). The molecule has 0 saturated heterocycles. The van der Waals surface area contributed by atoms with E-state index in [4.69, 9.17) is 0 Å². The predicted molar refractivity (Wildman–Crippen MR) is 95.9 cm³/mol. The number of nitrogens with zero attached hydrogens (tertiary/aromatic N) is 1. The Morgan fingerprint density at radius 1 is 1.22 bits per heavy atom. The third-order valence-electron chi connectivity index (χ3n) is 3.55. The fraction of sp³-hybridized carbons (Fsp3) is 0.263. The van der Waals surface area contributed by atoms with Crippen LogP contribution in [0.15, 0.2) is 59.3 Å². The quantitative estimate of drug-likeness (QED) is 0.505. The Kier molecular flexibility index (Phi) is 7.01. The van der Waals surface area contributed by atoms with Crippen molar-refractivity contribution in [2.75, 3.05) is 7.11 Å². The van der Waals surface area contributed by atoms with E-state index in [2.05, 4.69) is 43.9 Å². The van der Waals surface area contributed by atoms with E-state index in [1.165, 1.54) is 7.11 Å². The molecule has 0 saturated carbocycles. The van der Waals surface area contributed by atoms with E-state index >= 15 is 0 Å². The molecule has 0 radical (unpaired) electrons. The van der Waals surface area contributed by atoms with Gasteiger partial charge in [0.05, 0.1) is 7.11 Å². The second-order valence-electron chi connectivity index (χ2n) is 5.16. The van der Waals surface area contributed by atoms with Gasteiger partial charge in [-0.1, -0.05) is 46.3 Å². The molecule has 0 aliphatic heterocycles. The second kappa shape index (κ2) is 9.26. The summed E-state index contributed by atoms with van der Waals surface area (Å²) in [4.78, 5) is 15.4. The minimum Gasteiger partial charge on any atom is -0.469 e. The number of halogens is 1. The number of hydrogen-bond acceptors (Lipinski definition) is 3. The smallest absolute Gasteiger partial charge is 0.305 e. The Hall–Kier alpha value is -1.94. The molecule has 4 heteroatoms. The monoisotopic (exact) mass is 373 g/mol. The SMILES string of the molecule is COC(=O)CCCCC=C(c1cccnc1)c1ccccc1Br. The maximum Gasteiger partial charge on any atom is 0.305 e. The minimum absolute atomic E-state index is 0.146. The van der Waals surface area contributed by atoms with Gasteiger partial charge in [0.1, 0.15) is 0 Å². The number of aromatic nitrogens is 1. The number of benzene rings is 1. The molecular formula is C19H20BrNO2. The highest BCUT2D eigenvalue weighted by atomic mass is 79.9. The first-order chi connectivity index (χ1) is 11.2. The molecule has 0 aliphatic carbocycles. The van der Waals surface area contributed by atoms with E-state index in [0.29, 0.717) is 6.42 Å². The molecule has 120 valence electrons. The third kappa shape index (κ3) is 5.32. The average Bonchev–Trinajstić information content (AvgIpc) is 2.59. The molecule has 0 amide bonds. The molecule has 1 aromatic carbocycles. The molecule has 0 spiro atoms. The maximum atomic E-state index is 11.1. The largest absolute Gasteiger partial charge is 0.469 e. The number of esters is 1. The average molecular weight is 374 g/mol. The van der Waals surface area contributed by atoms with Crippen molar-refractivity contribution in [1.82, 2.24) is 4.98 Å². The Morgan fingerprint density at radius 3 is 2.74 bits per heavy atom. The van der Waals surface area contributed by atoms with Gasteiger partial charge in [0.2, 0.25) is 0 Å². The summed E-state index contributed by atoms with van der Waals surface area (Å²) in [6.07, 6.45) is 9.03.